The highest BCUT2D eigenvalue weighted by molar-refractivity contribution is 6.43. The lowest BCUT2D eigenvalue weighted by Crippen LogP contribution is -2.27. The molecule has 1 heterocycles. The lowest BCUT2D eigenvalue weighted by atomic mass is 9.90. The maximum Gasteiger partial charge on any atom is 0.250 e. The van der Waals surface area contributed by atoms with E-state index in [-0.39, 0.29) is 34.8 Å². The Balaban J connectivity index is 2.11. The summed E-state index contributed by atoms with van der Waals surface area (Å²) < 4.78 is 13.9. The van der Waals surface area contributed by atoms with Gasteiger partial charge in [0.1, 0.15) is 10.9 Å². The molecule has 1 N–H and O–H groups in total. The first-order valence-electron chi connectivity index (χ1n) is 5.82. The number of carbonyl (C=O) groups is 1. The molecule has 102 valence electrons. The SMILES string of the molecule is O=C1CC(F)=C2C=C3CC([N+](=O)[O-])=CC=C3NC2=C1Cl. The first-order chi connectivity index (χ1) is 9.47. The molecule has 0 amide bonds. The Morgan fingerprint density at radius 3 is 2.80 bits per heavy atom. The third-order valence-corrected chi connectivity index (χ3v) is 3.71. The van der Waals surface area contributed by atoms with Crippen molar-refractivity contribution in [1.82, 2.24) is 5.32 Å². The van der Waals surface area contributed by atoms with Gasteiger partial charge in [-0.05, 0) is 17.7 Å². The van der Waals surface area contributed by atoms with Crippen molar-refractivity contribution in [1.29, 1.82) is 0 Å². The number of fused-ring (bicyclic) bond motifs is 2. The van der Waals surface area contributed by atoms with Gasteiger partial charge in [-0.3, -0.25) is 14.9 Å². The summed E-state index contributed by atoms with van der Waals surface area (Å²) in [5.74, 6) is -1.06. The summed E-state index contributed by atoms with van der Waals surface area (Å²) in [5, 5.41) is 13.6. The molecule has 2 aliphatic carbocycles. The topological polar surface area (TPSA) is 72.2 Å². The van der Waals surface area contributed by atoms with Crippen LogP contribution in [0.4, 0.5) is 4.39 Å². The minimum Gasteiger partial charge on any atom is -0.353 e. The van der Waals surface area contributed by atoms with Crippen LogP contribution in [0, 0.1) is 10.1 Å². The van der Waals surface area contributed by atoms with Gasteiger partial charge in [0.15, 0.2) is 5.78 Å². The summed E-state index contributed by atoms with van der Waals surface area (Å²) in [6.45, 7) is 0. The second-order valence-electron chi connectivity index (χ2n) is 4.57. The molecule has 0 saturated heterocycles. The van der Waals surface area contributed by atoms with Gasteiger partial charge in [0, 0.05) is 17.3 Å². The van der Waals surface area contributed by atoms with Crippen LogP contribution < -0.4 is 5.32 Å². The van der Waals surface area contributed by atoms with E-state index in [9.17, 15) is 19.3 Å². The Morgan fingerprint density at radius 1 is 1.35 bits per heavy atom. The van der Waals surface area contributed by atoms with Gasteiger partial charge < -0.3 is 5.32 Å². The Hall–Kier alpha value is -2.21. The number of hydrogen-bond donors (Lipinski definition) is 1. The van der Waals surface area contributed by atoms with Crippen molar-refractivity contribution in [3.05, 3.63) is 67.4 Å². The molecule has 5 nitrogen and oxygen atoms in total. The number of rotatable bonds is 1. The van der Waals surface area contributed by atoms with Crippen LogP contribution in [-0.4, -0.2) is 10.7 Å². The molecule has 0 aromatic carbocycles. The van der Waals surface area contributed by atoms with Crippen molar-refractivity contribution in [2.75, 3.05) is 0 Å². The molecule has 0 unspecified atom stereocenters. The molecule has 0 saturated carbocycles. The molecular weight excluding hydrogens is 287 g/mol. The molecule has 3 aliphatic rings. The van der Waals surface area contributed by atoms with Crippen LogP contribution in [0.15, 0.2) is 57.3 Å². The van der Waals surface area contributed by atoms with Crippen molar-refractivity contribution >= 4 is 17.4 Å². The second kappa shape index (κ2) is 4.42. The Morgan fingerprint density at radius 2 is 2.10 bits per heavy atom. The van der Waals surface area contributed by atoms with E-state index in [0.29, 0.717) is 11.3 Å². The number of nitro groups is 1. The predicted octanol–water partition coefficient (Wildman–Crippen LogP) is 2.61. The number of nitrogens with zero attached hydrogens (tertiary/aromatic N) is 1. The van der Waals surface area contributed by atoms with Crippen LogP contribution >= 0.6 is 11.6 Å². The predicted molar refractivity (Wildman–Crippen MR) is 69.6 cm³/mol. The quantitative estimate of drug-likeness (QED) is 0.596. The number of nitrogens with one attached hydrogen (secondary N) is 1. The summed E-state index contributed by atoms with van der Waals surface area (Å²) in [7, 11) is 0. The van der Waals surface area contributed by atoms with Gasteiger partial charge >= 0.3 is 0 Å². The molecule has 3 rings (SSSR count). The summed E-state index contributed by atoms with van der Waals surface area (Å²) in [6.07, 6.45) is 4.14. The average molecular weight is 295 g/mol. The zero-order valence-electron chi connectivity index (χ0n) is 10.1. The third kappa shape index (κ3) is 1.89. The fraction of sp³-hybridized carbons (Fsp3) is 0.154. The van der Waals surface area contributed by atoms with Crippen LogP contribution in [-0.2, 0) is 4.79 Å². The summed E-state index contributed by atoms with van der Waals surface area (Å²) in [5.41, 5.74) is 1.66. The highest BCUT2D eigenvalue weighted by Gasteiger charge is 2.32. The van der Waals surface area contributed by atoms with Crippen LogP contribution in [0.5, 0.6) is 0 Å². The normalized spacial score (nSPS) is 21.5. The molecule has 0 radical (unpaired) electrons. The second-order valence-corrected chi connectivity index (χ2v) is 4.95. The van der Waals surface area contributed by atoms with Crippen molar-refractivity contribution in [2.45, 2.75) is 12.8 Å². The number of halogens is 2. The summed E-state index contributed by atoms with van der Waals surface area (Å²) in [6, 6.07) is 0. The average Bonchev–Trinajstić information content (AvgIpc) is 2.42. The molecular formula is C13H8ClFN2O3. The number of allylic oxidation sites excluding steroid dienone is 7. The van der Waals surface area contributed by atoms with E-state index in [0.717, 1.165) is 0 Å². The summed E-state index contributed by atoms with van der Waals surface area (Å²) in [4.78, 5) is 21.8. The fourth-order valence-electron chi connectivity index (χ4n) is 2.30. The molecule has 0 fully saturated rings. The smallest absolute Gasteiger partial charge is 0.250 e. The highest BCUT2D eigenvalue weighted by Crippen LogP contribution is 2.38. The molecule has 7 heteroatoms. The standard InChI is InChI=1S/C13H8ClFN2O3/c14-12-11(18)5-9(15)8-4-6-3-7(17(19)20)1-2-10(6)16-13(8)12/h1-2,4,16H,3,5H2. The minimum absolute atomic E-state index is 0.0354. The molecule has 1 aliphatic heterocycles. The van der Waals surface area contributed by atoms with Crippen LogP contribution in [0.1, 0.15) is 12.8 Å². The zero-order chi connectivity index (χ0) is 14.4. The minimum atomic E-state index is -0.578. The molecule has 20 heavy (non-hydrogen) atoms. The first-order valence-corrected chi connectivity index (χ1v) is 6.20. The molecule has 0 bridgehead atoms. The van der Waals surface area contributed by atoms with E-state index in [1.165, 1.54) is 18.2 Å². The van der Waals surface area contributed by atoms with Gasteiger partial charge in [-0.2, -0.15) is 0 Å². The largest absolute Gasteiger partial charge is 0.353 e. The first kappa shape index (κ1) is 12.8. The van der Waals surface area contributed by atoms with Crippen LogP contribution in [0.2, 0.25) is 0 Å². The Kier molecular flexibility index (Phi) is 2.83. The number of ketones is 1. The Bertz CT molecular complexity index is 713. The van der Waals surface area contributed by atoms with Gasteiger partial charge in [-0.15, -0.1) is 0 Å². The van der Waals surface area contributed by atoms with Crippen molar-refractivity contribution < 1.29 is 14.1 Å². The molecule has 0 aromatic rings. The monoisotopic (exact) mass is 294 g/mol. The van der Waals surface area contributed by atoms with Crippen molar-refractivity contribution in [3.8, 4) is 0 Å². The highest BCUT2D eigenvalue weighted by atomic mass is 35.5. The van der Waals surface area contributed by atoms with E-state index in [1.807, 2.05) is 0 Å². The van der Waals surface area contributed by atoms with Gasteiger partial charge in [0.25, 0.3) is 5.70 Å². The molecule has 0 aromatic heterocycles. The zero-order valence-corrected chi connectivity index (χ0v) is 10.8. The number of Topliss-reactive ketones (excluding diaryl/α,β-unsaturated/α-hetero) is 1. The van der Waals surface area contributed by atoms with E-state index in [2.05, 4.69) is 5.32 Å². The molecule has 0 spiro atoms. The lowest BCUT2D eigenvalue weighted by Gasteiger charge is -2.28. The van der Waals surface area contributed by atoms with Gasteiger partial charge in [-0.1, -0.05) is 11.6 Å². The maximum atomic E-state index is 13.9. The Labute approximate surface area is 117 Å². The number of carbonyl (C=O) groups excluding carboxylic acids is 1. The van der Waals surface area contributed by atoms with E-state index in [1.54, 1.807) is 0 Å². The van der Waals surface area contributed by atoms with Crippen molar-refractivity contribution in [2.24, 2.45) is 0 Å². The summed E-state index contributed by atoms with van der Waals surface area (Å²) >= 11 is 5.90. The van der Waals surface area contributed by atoms with Gasteiger partial charge in [0.2, 0.25) is 0 Å². The van der Waals surface area contributed by atoms with E-state index >= 15 is 0 Å². The van der Waals surface area contributed by atoms with Gasteiger partial charge in [0.05, 0.1) is 23.5 Å². The van der Waals surface area contributed by atoms with Crippen molar-refractivity contribution in [3.63, 3.8) is 0 Å². The van der Waals surface area contributed by atoms with Gasteiger partial charge in [-0.25, -0.2) is 4.39 Å². The lowest BCUT2D eigenvalue weighted by molar-refractivity contribution is -0.427. The maximum absolute atomic E-state index is 13.9. The number of hydrogen-bond acceptors (Lipinski definition) is 4. The van der Waals surface area contributed by atoms with Crippen LogP contribution in [0.25, 0.3) is 0 Å². The van der Waals surface area contributed by atoms with Crippen LogP contribution in [0.3, 0.4) is 0 Å². The third-order valence-electron chi connectivity index (χ3n) is 3.31. The fourth-order valence-corrected chi connectivity index (χ4v) is 2.52. The molecule has 0 atom stereocenters. The van der Waals surface area contributed by atoms with E-state index in [4.69, 9.17) is 11.6 Å². The van der Waals surface area contributed by atoms with E-state index < -0.39 is 16.5 Å².